The second-order valence-corrected chi connectivity index (χ2v) is 7.02. The lowest BCUT2D eigenvalue weighted by atomic mass is 10.2. The van der Waals surface area contributed by atoms with Crippen molar-refractivity contribution >= 4 is 41.3 Å². The zero-order chi connectivity index (χ0) is 20.4. The van der Waals surface area contributed by atoms with Crippen molar-refractivity contribution in [2.24, 2.45) is 4.99 Å². The number of aryl methyl sites for hydroxylation is 1. The molecule has 0 atom stereocenters. The second-order valence-electron chi connectivity index (χ2n) is 5.96. The lowest BCUT2D eigenvalue weighted by Crippen LogP contribution is -2.38. The van der Waals surface area contributed by atoms with Crippen molar-refractivity contribution in [2.45, 2.75) is 39.8 Å². The molecule has 0 unspecified atom stereocenters. The molecule has 0 aliphatic rings. The van der Waals surface area contributed by atoms with Gasteiger partial charge in [0, 0.05) is 43.6 Å². The third-order valence-corrected chi connectivity index (χ3v) is 4.56. The highest BCUT2D eigenvalue weighted by Gasteiger charge is 2.12. The highest BCUT2D eigenvalue weighted by Crippen LogP contribution is 2.26. The maximum Gasteiger partial charge on any atom is 0.387 e. The number of aliphatic imine (C=N–C) groups is 1. The minimum absolute atomic E-state index is 0. The monoisotopic (exact) mass is 540 g/mol. The van der Waals surface area contributed by atoms with Crippen LogP contribution in [0.2, 0.25) is 0 Å². The topological polar surface area (TPSA) is 67.8 Å². The average molecular weight is 540 g/mol. The van der Waals surface area contributed by atoms with Crippen LogP contribution in [0.4, 0.5) is 8.78 Å². The number of rotatable bonds is 10. The van der Waals surface area contributed by atoms with E-state index in [4.69, 9.17) is 4.74 Å². The molecule has 1 aromatic heterocycles. The Labute approximate surface area is 191 Å². The highest BCUT2D eigenvalue weighted by atomic mass is 127. The number of nitrogens with one attached hydrogen (secondary N) is 2. The molecule has 1 aromatic carbocycles. The van der Waals surface area contributed by atoms with Crippen LogP contribution in [0.1, 0.15) is 29.6 Å². The largest absolute Gasteiger partial charge is 0.493 e. The minimum Gasteiger partial charge on any atom is -0.493 e. The van der Waals surface area contributed by atoms with Crippen LogP contribution in [-0.4, -0.2) is 37.8 Å². The fourth-order valence-electron chi connectivity index (χ4n) is 2.43. The Hall–Kier alpha value is -1.69. The standard InChI is InChI=1S/C19H26F2N4O2S.HI/c1-4-9-26-16-6-5-14(17(10-16)27-18(20)21)11-24-19(22-3)23-8-7-15-12-28-13(2)25-15;/h5-6,10,12,18H,4,7-9,11H2,1-3H3,(H2,22,23,24);1H. The summed E-state index contributed by atoms with van der Waals surface area (Å²) in [5.41, 5.74) is 1.61. The van der Waals surface area contributed by atoms with Crippen LogP contribution < -0.4 is 20.1 Å². The van der Waals surface area contributed by atoms with Crippen LogP contribution in [0.5, 0.6) is 11.5 Å². The Morgan fingerprint density at radius 2 is 2.10 bits per heavy atom. The Bertz CT molecular complexity index is 774. The van der Waals surface area contributed by atoms with Crippen LogP contribution in [0.15, 0.2) is 28.6 Å². The van der Waals surface area contributed by atoms with Crippen LogP contribution in [0.25, 0.3) is 0 Å². The van der Waals surface area contributed by atoms with Gasteiger partial charge in [-0.15, -0.1) is 35.3 Å². The minimum atomic E-state index is -2.90. The molecule has 2 N–H and O–H groups in total. The predicted octanol–water partition coefficient (Wildman–Crippen LogP) is 4.37. The molecule has 6 nitrogen and oxygen atoms in total. The number of guanidine groups is 1. The first-order chi connectivity index (χ1) is 13.5. The maximum absolute atomic E-state index is 12.8. The van der Waals surface area contributed by atoms with E-state index < -0.39 is 6.61 Å². The van der Waals surface area contributed by atoms with E-state index in [2.05, 4.69) is 25.3 Å². The van der Waals surface area contributed by atoms with Crippen molar-refractivity contribution < 1.29 is 18.3 Å². The van der Waals surface area contributed by atoms with Gasteiger partial charge in [0.25, 0.3) is 0 Å². The number of ether oxygens (including phenoxy) is 2. The summed E-state index contributed by atoms with van der Waals surface area (Å²) in [6.07, 6.45) is 1.60. The van der Waals surface area contributed by atoms with Crippen LogP contribution in [-0.2, 0) is 13.0 Å². The summed E-state index contributed by atoms with van der Waals surface area (Å²) in [6, 6.07) is 4.94. The molecular formula is C19H27F2IN4O2S. The lowest BCUT2D eigenvalue weighted by molar-refractivity contribution is -0.0505. The van der Waals surface area contributed by atoms with Gasteiger partial charge in [-0.25, -0.2) is 4.98 Å². The molecule has 2 aromatic rings. The third kappa shape index (κ3) is 9.11. The molecule has 0 aliphatic heterocycles. The molecule has 0 amide bonds. The molecule has 10 heteroatoms. The van der Waals surface area contributed by atoms with E-state index >= 15 is 0 Å². The van der Waals surface area contributed by atoms with Gasteiger partial charge in [-0.2, -0.15) is 8.78 Å². The third-order valence-electron chi connectivity index (χ3n) is 3.74. The van der Waals surface area contributed by atoms with E-state index in [1.165, 1.54) is 6.07 Å². The fraction of sp³-hybridized carbons (Fsp3) is 0.474. The number of benzene rings is 1. The summed E-state index contributed by atoms with van der Waals surface area (Å²) in [6.45, 7) is 2.50. The van der Waals surface area contributed by atoms with Gasteiger partial charge in [-0.3, -0.25) is 4.99 Å². The molecule has 0 saturated heterocycles. The number of alkyl halides is 2. The molecule has 0 fully saturated rings. The van der Waals surface area contributed by atoms with Gasteiger partial charge in [0.1, 0.15) is 11.5 Å². The number of thiazole rings is 1. The summed E-state index contributed by atoms with van der Waals surface area (Å²) in [5, 5.41) is 9.36. The fourth-order valence-corrected chi connectivity index (χ4v) is 3.07. The van der Waals surface area contributed by atoms with E-state index in [1.807, 2.05) is 19.2 Å². The van der Waals surface area contributed by atoms with Gasteiger partial charge in [-0.05, 0) is 25.5 Å². The van der Waals surface area contributed by atoms with Crippen molar-refractivity contribution in [3.05, 3.63) is 39.8 Å². The number of hydrogen-bond acceptors (Lipinski definition) is 5. The van der Waals surface area contributed by atoms with Crippen molar-refractivity contribution in [1.82, 2.24) is 15.6 Å². The van der Waals surface area contributed by atoms with Crippen molar-refractivity contribution in [3.8, 4) is 11.5 Å². The zero-order valence-corrected chi connectivity index (χ0v) is 19.9. The summed E-state index contributed by atoms with van der Waals surface area (Å²) in [5.74, 6) is 1.16. The van der Waals surface area contributed by atoms with Gasteiger partial charge in [0.15, 0.2) is 5.96 Å². The van der Waals surface area contributed by atoms with E-state index in [0.717, 1.165) is 23.5 Å². The molecule has 0 spiro atoms. The van der Waals surface area contributed by atoms with Crippen LogP contribution in [0.3, 0.4) is 0 Å². The summed E-state index contributed by atoms with van der Waals surface area (Å²) in [7, 11) is 1.65. The van der Waals surface area contributed by atoms with Crippen LogP contribution >= 0.6 is 35.3 Å². The van der Waals surface area contributed by atoms with Crippen molar-refractivity contribution in [3.63, 3.8) is 0 Å². The molecule has 0 radical (unpaired) electrons. The average Bonchev–Trinajstić information content (AvgIpc) is 3.08. The zero-order valence-electron chi connectivity index (χ0n) is 16.7. The van der Waals surface area contributed by atoms with E-state index in [-0.39, 0.29) is 36.3 Å². The molecule has 1 heterocycles. The summed E-state index contributed by atoms with van der Waals surface area (Å²) < 4.78 is 35.7. The van der Waals surface area contributed by atoms with Crippen molar-refractivity contribution in [2.75, 3.05) is 20.2 Å². The SMILES string of the molecule is CCCOc1ccc(CNC(=NC)NCCc2csc(C)n2)c(OC(F)F)c1.I. The number of hydrogen-bond donors (Lipinski definition) is 2. The van der Waals surface area contributed by atoms with Gasteiger partial charge < -0.3 is 20.1 Å². The molecule has 2 rings (SSSR count). The van der Waals surface area contributed by atoms with E-state index in [1.54, 1.807) is 30.5 Å². The first-order valence-corrected chi connectivity index (χ1v) is 9.95. The lowest BCUT2D eigenvalue weighted by Gasteiger charge is -2.15. The number of nitrogens with zero attached hydrogens (tertiary/aromatic N) is 2. The molecule has 0 bridgehead atoms. The van der Waals surface area contributed by atoms with Gasteiger partial charge >= 0.3 is 6.61 Å². The Kier molecular flexibility index (Phi) is 11.8. The maximum atomic E-state index is 12.8. The Morgan fingerprint density at radius 3 is 2.72 bits per heavy atom. The summed E-state index contributed by atoms with van der Waals surface area (Å²) in [4.78, 5) is 8.57. The first kappa shape index (κ1) is 25.3. The molecule has 0 aliphatic carbocycles. The van der Waals surface area contributed by atoms with Gasteiger partial charge in [-0.1, -0.05) is 6.92 Å². The second kappa shape index (κ2) is 13.5. The molecule has 29 heavy (non-hydrogen) atoms. The van der Waals surface area contributed by atoms with E-state index in [0.29, 0.717) is 30.4 Å². The molecule has 162 valence electrons. The molecule has 0 saturated carbocycles. The normalized spacial score (nSPS) is 11.2. The van der Waals surface area contributed by atoms with Crippen LogP contribution in [0, 0.1) is 6.92 Å². The van der Waals surface area contributed by atoms with Gasteiger partial charge in [0.05, 0.1) is 17.3 Å². The first-order valence-electron chi connectivity index (χ1n) is 9.07. The van der Waals surface area contributed by atoms with Crippen molar-refractivity contribution in [1.29, 1.82) is 0 Å². The number of halogens is 3. The Morgan fingerprint density at radius 1 is 1.31 bits per heavy atom. The molecular weight excluding hydrogens is 513 g/mol. The summed E-state index contributed by atoms with van der Waals surface area (Å²) >= 11 is 1.62. The van der Waals surface area contributed by atoms with Gasteiger partial charge in [0.2, 0.25) is 0 Å². The number of aromatic nitrogens is 1. The quantitative estimate of drug-likeness (QED) is 0.266. The van der Waals surface area contributed by atoms with E-state index in [9.17, 15) is 8.78 Å². The smallest absolute Gasteiger partial charge is 0.387 e. The highest BCUT2D eigenvalue weighted by molar-refractivity contribution is 14.0. The predicted molar refractivity (Wildman–Crippen MR) is 123 cm³/mol. The Balaban J connectivity index is 0.00000420.